The van der Waals surface area contributed by atoms with Gasteiger partial charge in [0.2, 0.25) is 0 Å². The summed E-state index contributed by atoms with van der Waals surface area (Å²) in [4.78, 5) is 16.5. The first-order valence-corrected chi connectivity index (χ1v) is 7.73. The maximum atomic E-state index is 11.4. The molecular formula is C16H23N5O. The zero-order valence-corrected chi connectivity index (χ0v) is 13.0. The van der Waals surface area contributed by atoms with E-state index in [-0.39, 0.29) is 11.1 Å². The van der Waals surface area contributed by atoms with Crippen LogP contribution in [0.15, 0.2) is 35.1 Å². The highest BCUT2D eigenvalue weighted by molar-refractivity contribution is 5.26. The van der Waals surface area contributed by atoms with Crippen LogP contribution in [-0.2, 0) is 19.0 Å². The summed E-state index contributed by atoms with van der Waals surface area (Å²) in [7, 11) is 1.66. The zero-order chi connectivity index (χ0) is 15.6. The Morgan fingerprint density at radius 1 is 1.27 bits per heavy atom. The van der Waals surface area contributed by atoms with E-state index < -0.39 is 0 Å². The molecule has 0 spiro atoms. The highest BCUT2D eigenvalue weighted by Crippen LogP contribution is 2.34. The Balaban J connectivity index is 1.67. The number of aryl methyl sites for hydroxylation is 1. The quantitative estimate of drug-likeness (QED) is 0.867. The predicted molar refractivity (Wildman–Crippen MR) is 85.5 cm³/mol. The van der Waals surface area contributed by atoms with Crippen molar-refractivity contribution in [3.63, 3.8) is 0 Å². The molecule has 1 aliphatic heterocycles. The molecule has 0 saturated carbocycles. The topological polar surface area (TPSA) is 79.9 Å². The average molecular weight is 301 g/mol. The van der Waals surface area contributed by atoms with Gasteiger partial charge in [0.05, 0.1) is 6.54 Å². The molecule has 1 fully saturated rings. The van der Waals surface area contributed by atoms with E-state index >= 15 is 0 Å². The van der Waals surface area contributed by atoms with Crippen LogP contribution in [0.4, 0.5) is 0 Å². The molecule has 0 amide bonds. The van der Waals surface area contributed by atoms with E-state index in [2.05, 4.69) is 39.2 Å². The summed E-state index contributed by atoms with van der Waals surface area (Å²) in [6, 6.07) is 10.6. The summed E-state index contributed by atoms with van der Waals surface area (Å²) >= 11 is 0. The van der Waals surface area contributed by atoms with Gasteiger partial charge in [-0.2, -0.15) is 5.10 Å². The van der Waals surface area contributed by atoms with Gasteiger partial charge in [-0.15, -0.1) is 0 Å². The minimum Gasteiger partial charge on any atom is -0.330 e. The molecule has 0 atom stereocenters. The third-order valence-corrected chi connectivity index (χ3v) is 4.78. The number of aromatic nitrogens is 3. The van der Waals surface area contributed by atoms with E-state index in [4.69, 9.17) is 5.73 Å². The Kier molecular flexibility index (Phi) is 4.13. The highest BCUT2D eigenvalue weighted by Gasteiger charge is 2.35. The smallest absolute Gasteiger partial charge is 0.330 e. The van der Waals surface area contributed by atoms with E-state index in [1.807, 2.05) is 6.07 Å². The number of nitrogens with one attached hydrogen (secondary N) is 1. The molecule has 0 bridgehead atoms. The third-order valence-electron chi connectivity index (χ3n) is 4.78. The van der Waals surface area contributed by atoms with Crippen LogP contribution < -0.4 is 11.4 Å². The molecule has 118 valence electrons. The fourth-order valence-corrected chi connectivity index (χ4v) is 3.28. The zero-order valence-electron chi connectivity index (χ0n) is 13.0. The van der Waals surface area contributed by atoms with Gasteiger partial charge in [0, 0.05) is 19.0 Å². The van der Waals surface area contributed by atoms with Gasteiger partial charge in [-0.25, -0.2) is 9.48 Å². The van der Waals surface area contributed by atoms with Gasteiger partial charge in [0.15, 0.2) is 0 Å². The van der Waals surface area contributed by atoms with Crippen LogP contribution in [0.25, 0.3) is 0 Å². The number of likely N-dealkylation sites (tertiary alicyclic amines) is 1. The number of hydrogen-bond donors (Lipinski definition) is 2. The first-order chi connectivity index (χ1) is 10.6. The predicted octanol–water partition coefficient (Wildman–Crippen LogP) is 0.601. The Morgan fingerprint density at radius 2 is 1.95 bits per heavy atom. The minimum absolute atomic E-state index is 0.0787. The van der Waals surface area contributed by atoms with Crippen molar-refractivity contribution < 1.29 is 0 Å². The second-order valence-corrected chi connectivity index (χ2v) is 6.13. The molecule has 0 radical (unpaired) electrons. The molecule has 22 heavy (non-hydrogen) atoms. The second-order valence-electron chi connectivity index (χ2n) is 6.13. The lowest BCUT2D eigenvalue weighted by Gasteiger charge is -2.41. The largest absolute Gasteiger partial charge is 0.343 e. The molecule has 1 aromatic carbocycles. The van der Waals surface area contributed by atoms with E-state index in [9.17, 15) is 4.79 Å². The van der Waals surface area contributed by atoms with Crippen molar-refractivity contribution in [2.75, 3.05) is 19.6 Å². The lowest BCUT2D eigenvalue weighted by Crippen LogP contribution is -2.46. The minimum atomic E-state index is -0.160. The van der Waals surface area contributed by atoms with E-state index in [1.54, 1.807) is 7.05 Å². The molecule has 0 unspecified atom stereocenters. The fourth-order valence-electron chi connectivity index (χ4n) is 3.28. The first-order valence-electron chi connectivity index (χ1n) is 7.73. The monoisotopic (exact) mass is 301 g/mol. The number of benzene rings is 1. The number of hydrogen-bond acceptors (Lipinski definition) is 4. The maximum Gasteiger partial charge on any atom is 0.343 e. The molecule has 6 nitrogen and oxygen atoms in total. The van der Waals surface area contributed by atoms with Crippen LogP contribution in [0.1, 0.15) is 24.2 Å². The summed E-state index contributed by atoms with van der Waals surface area (Å²) in [5.74, 6) is 0.729. The summed E-state index contributed by atoms with van der Waals surface area (Å²) in [5, 5.41) is 4.20. The number of rotatable bonds is 4. The Labute approximate surface area is 129 Å². The number of piperidine rings is 1. The molecule has 3 N–H and O–H groups in total. The van der Waals surface area contributed by atoms with Crippen LogP contribution in [0, 0.1) is 0 Å². The van der Waals surface area contributed by atoms with Gasteiger partial charge in [-0.3, -0.25) is 9.88 Å². The van der Waals surface area contributed by atoms with E-state index in [1.165, 1.54) is 10.2 Å². The van der Waals surface area contributed by atoms with Gasteiger partial charge in [-0.05, 0) is 31.5 Å². The third kappa shape index (κ3) is 2.84. The Hall–Kier alpha value is -1.92. The average Bonchev–Trinajstić information content (AvgIpc) is 2.87. The normalized spacial score (nSPS) is 18.5. The summed E-state index contributed by atoms with van der Waals surface area (Å²) in [6.45, 7) is 3.28. The number of H-pyrrole nitrogens is 1. The highest BCUT2D eigenvalue weighted by atomic mass is 16.1. The van der Waals surface area contributed by atoms with Gasteiger partial charge >= 0.3 is 5.69 Å². The number of aromatic amines is 1. The molecule has 6 heteroatoms. The van der Waals surface area contributed by atoms with Gasteiger partial charge in [0.1, 0.15) is 5.82 Å². The molecule has 0 aliphatic carbocycles. The molecular weight excluding hydrogens is 278 g/mol. The van der Waals surface area contributed by atoms with E-state index in [0.717, 1.165) is 31.8 Å². The molecule has 2 heterocycles. The van der Waals surface area contributed by atoms with Crippen molar-refractivity contribution in [2.45, 2.75) is 24.8 Å². The van der Waals surface area contributed by atoms with Gasteiger partial charge in [0.25, 0.3) is 0 Å². The van der Waals surface area contributed by atoms with Crippen molar-refractivity contribution in [2.24, 2.45) is 12.8 Å². The Morgan fingerprint density at radius 3 is 2.50 bits per heavy atom. The molecule has 1 aliphatic rings. The van der Waals surface area contributed by atoms with Crippen LogP contribution in [-0.4, -0.2) is 39.3 Å². The molecule has 1 saturated heterocycles. The van der Waals surface area contributed by atoms with Crippen molar-refractivity contribution in [1.29, 1.82) is 0 Å². The number of nitrogens with zero attached hydrogens (tertiary/aromatic N) is 3. The van der Waals surface area contributed by atoms with Crippen LogP contribution in [0.2, 0.25) is 0 Å². The lowest BCUT2D eigenvalue weighted by molar-refractivity contribution is 0.153. The Bertz CT molecular complexity index is 667. The molecule has 1 aromatic heterocycles. The van der Waals surface area contributed by atoms with Crippen molar-refractivity contribution in [1.82, 2.24) is 19.7 Å². The lowest BCUT2D eigenvalue weighted by atomic mass is 9.73. The van der Waals surface area contributed by atoms with Crippen molar-refractivity contribution >= 4 is 0 Å². The second kappa shape index (κ2) is 6.06. The van der Waals surface area contributed by atoms with Crippen LogP contribution in [0.5, 0.6) is 0 Å². The van der Waals surface area contributed by atoms with Crippen molar-refractivity contribution in [3.05, 3.63) is 52.2 Å². The van der Waals surface area contributed by atoms with Gasteiger partial charge in [-0.1, -0.05) is 30.3 Å². The van der Waals surface area contributed by atoms with Crippen molar-refractivity contribution in [3.8, 4) is 0 Å². The van der Waals surface area contributed by atoms with E-state index in [0.29, 0.717) is 13.1 Å². The van der Waals surface area contributed by atoms with Crippen LogP contribution in [0.3, 0.4) is 0 Å². The van der Waals surface area contributed by atoms with Crippen LogP contribution >= 0.6 is 0 Å². The SMILES string of the molecule is Cn1nc(CN2CCC(CN)(c3ccccc3)CC2)[nH]c1=O. The summed E-state index contributed by atoms with van der Waals surface area (Å²) < 4.78 is 1.34. The molecule has 3 rings (SSSR count). The molecule has 2 aromatic rings. The standard InChI is InChI=1S/C16H23N5O/c1-20-15(22)18-14(19-20)11-21-9-7-16(12-17,8-10-21)13-5-3-2-4-6-13/h2-6H,7-12,17H2,1H3,(H,18,19,22). The first kappa shape index (κ1) is 15.0. The summed E-state index contributed by atoms with van der Waals surface area (Å²) in [6.07, 6.45) is 2.06. The van der Waals surface area contributed by atoms with Gasteiger partial charge < -0.3 is 5.73 Å². The maximum absolute atomic E-state index is 11.4. The number of nitrogens with two attached hydrogens (primary N) is 1. The fraction of sp³-hybridized carbons (Fsp3) is 0.500. The summed E-state index contributed by atoms with van der Waals surface area (Å²) in [5.41, 5.74) is 7.37.